The summed E-state index contributed by atoms with van der Waals surface area (Å²) in [6.07, 6.45) is 5.11. The van der Waals surface area contributed by atoms with Crippen molar-refractivity contribution in [2.75, 3.05) is 5.75 Å². The molecule has 2 heterocycles. The Labute approximate surface area is 89.1 Å². The van der Waals surface area contributed by atoms with E-state index in [0.717, 1.165) is 10.8 Å². The van der Waals surface area contributed by atoms with Crippen LogP contribution in [0.4, 0.5) is 0 Å². The van der Waals surface area contributed by atoms with Crippen molar-refractivity contribution in [3.8, 4) is 0 Å². The van der Waals surface area contributed by atoms with Crippen LogP contribution in [0, 0.1) is 0 Å². The van der Waals surface area contributed by atoms with Gasteiger partial charge in [0.05, 0.1) is 17.2 Å². The third kappa shape index (κ3) is 2.72. The highest BCUT2D eigenvalue weighted by atomic mass is 32.2. The van der Waals surface area contributed by atoms with Gasteiger partial charge in [0.15, 0.2) is 0 Å². The van der Waals surface area contributed by atoms with E-state index in [4.69, 9.17) is 4.74 Å². The molecule has 0 spiro atoms. The zero-order valence-electron chi connectivity index (χ0n) is 8.35. The Balaban J connectivity index is 1.78. The van der Waals surface area contributed by atoms with Crippen LogP contribution in [0.2, 0.25) is 0 Å². The van der Waals surface area contributed by atoms with Crippen LogP contribution in [0.5, 0.6) is 0 Å². The van der Waals surface area contributed by atoms with Gasteiger partial charge in [0, 0.05) is 11.9 Å². The van der Waals surface area contributed by atoms with Gasteiger partial charge in [0.25, 0.3) is 0 Å². The number of thioether (sulfide) groups is 1. The van der Waals surface area contributed by atoms with Crippen molar-refractivity contribution in [2.45, 2.75) is 37.0 Å². The highest BCUT2D eigenvalue weighted by Gasteiger charge is 2.21. The standard InChI is InChI=1S/C11H15NOS/c1-9-5-6-10(13-9)8-14-11-4-2-3-7-12-11/h2-4,7,9-10H,5-6,8H2,1H3. The highest BCUT2D eigenvalue weighted by molar-refractivity contribution is 7.99. The fourth-order valence-corrected chi connectivity index (χ4v) is 2.53. The summed E-state index contributed by atoms with van der Waals surface area (Å²) in [5, 5.41) is 1.09. The molecule has 1 aliphatic heterocycles. The van der Waals surface area contributed by atoms with Crippen molar-refractivity contribution in [3.63, 3.8) is 0 Å². The Kier molecular flexibility index (Phi) is 3.43. The zero-order chi connectivity index (χ0) is 9.80. The lowest BCUT2D eigenvalue weighted by molar-refractivity contribution is 0.0700. The van der Waals surface area contributed by atoms with Gasteiger partial charge in [-0.15, -0.1) is 11.8 Å². The summed E-state index contributed by atoms with van der Waals surface area (Å²) in [4.78, 5) is 4.27. The summed E-state index contributed by atoms with van der Waals surface area (Å²) in [7, 11) is 0. The van der Waals surface area contributed by atoms with Crippen molar-refractivity contribution < 1.29 is 4.74 Å². The molecule has 0 aliphatic carbocycles. The molecule has 1 aromatic heterocycles. The number of hydrogen-bond acceptors (Lipinski definition) is 3. The highest BCUT2D eigenvalue weighted by Crippen LogP contribution is 2.25. The Hall–Kier alpha value is -0.540. The third-order valence-corrected chi connectivity index (χ3v) is 3.45. The van der Waals surface area contributed by atoms with Gasteiger partial charge in [-0.05, 0) is 31.9 Å². The summed E-state index contributed by atoms with van der Waals surface area (Å²) in [6.45, 7) is 2.14. The summed E-state index contributed by atoms with van der Waals surface area (Å²) >= 11 is 1.78. The maximum absolute atomic E-state index is 5.73. The maximum atomic E-state index is 5.73. The molecule has 1 saturated heterocycles. The van der Waals surface area contributed by atoms with Crippen LogP contribution in [-0.4, -0.2) is 22.9 Å². The van der Waals surface area contributed by atoms with Crippen LogP contribution in [0.3, 0.4) is 0 Å². The molecule has 14 heavy (non-hydrogen) atoms. The second-order valence-electron chi connectivity index (χ2n) is 3.63. The van der Waals surface area contributed by atoms with E-state index in [9.17, 15) is 0 Å². The number of ether oxygens (including phenoxy) is 1. The fraction of sp³-hybridized carbons (Fsp3) is 0.545. The van der Waals surface area contributed by atoms with Gasteiger partial charge < -0.3 is 4.74 Å². The van der Waals surface area contributed by atoms with Gasteiger partial charge in [0.2, 0.25) is 0 Å². The lowest BCUT2D eigenvalue weighted by Gasteiger charge is -2.09. The van der Waals surface area contributed by atoms with Gasteiger partial charge in [0.1, 0.15) is 0 Å². The second kappa shape index (κ2) is 4.80. The van der Waals surface area contributed by atoms with Crippen molar-refractivity contribution in [1.29, 1.82) is 0 Å². The average Bonchev–Trinajstić information content (AvgIpc) is 2.63. The number of hydrogen-bond donors (Lipinski definition) is 0. The number of rotatable bonds is 3. The Bertz CT molecular complexity index is 278. The van der Waals surface area contributed by atoms with Gasteiger partial charge in [-0.25, -0.2) is 4.98 Å². The molecule has 76 valence electrons. The minimum absolute atomic E-state index is 0.428. The molecule has 1 fully saturated rings. The first-order valence-electron chi connectivity index (χ1n) is 5.04. The molecule has 3 heteroatoms. The Morgan fingerprint density at radius 1 is 1.50 bits per heavy atom. The lowest BCUT2D eigenvalue weighted by Crippen LogP contribution is -2.10. The maximum Gasteiger partial charge on any atom is 0.0960 e. The van der Waals surface area contributed by atoms with E-state index < -0.39 is 0 Å². The van der Waals surface area contributed by atoms with Gasteiger partial charge in [-0.2, -0.15) is 0 Å². The average molecular weight is 209 g/mol. The van der Waals surface area contributed by atoms with Crippen LogP contribution >= 0.6 is 11.8 Å². The second-order valence-corrected chi connectivity index (χ2v) is 4.67. The number of nitrogens with zero attached hydrogens (tertiary/aromatic N) is 1. The Morgan fingerprint density at radius 2 is 2.43 bits per heavy atom. The van der Waals surface area contributed by atoms with Gasteiger partial charge >= 0.3 is 0 Å². The molecule has 0 aromatic carbocycles. The predicted molar refractivity (Wildman–Crippen MR) is 58.5 cm³/mol. The van der Waals surface area contributed by atoms with Gasteiger partial charge in [-0.3, -0.25) is 0 Å². The van der Waals surface area contributed by atoms with Crippen LogP contribution in [0.25, 0.3) is 0 Å². The molecule has 0 N–H and O–H groups in total. The zero-order valence-corrected chi connectivity index (χ0v) is 9.17. The number of aromatic nitrogens is 1. The molecule has 1 aromatic rings. The largest absolute Gasteiger partial charge is 0.374 e. The monoisotopic (exact) mass is 209 g/mol. The molecule has 0 saturated carbocycles. The van der Waals surface area contributed by atoms with Crippen molar-refractivity contribution in [2.24, 2.45) is 0 Å². The molecular weight excluding hydrogens is 194 g/mol. The molecule has 0 amide bonds. The minimum atomic E-state index is 0.428. The van der Waals surface area contributed by atoms with E-state index in [-0.39, 0.29) is 0 Å². The number of pyridine rings is 1. The van der Waals surface area contributed by atoms with E-state index in [1.165, 1.54) is 12.8 Å². The first-order chi connectivity index (χ1) is 6.84. The lowest BCUT2D eigenvalue weighted by atomic mass is 10.2. The SMILES string of the molecule is CC1CCC(CSc2ccccn2)O1. The third-order valence-electron chi connectivity index (χ3n) is 2.37. The van der Waals surface area contributed by atoms with Crippen LogP contribution < -0.4 is 0 Å². The molecule has 2 nitrogen and oxygen atoms in total. The van der Waals surface area contributed by atoms with Crippen LogP contribution in [0.1, 0.15) is 19.8 Å². The van der Waals surface area contributed by atoms with E-state index >= 15 is 0 Å². The smallest absolute Gasteiger partial charge is 0.0960 e. The van der Waals surface area contributed by atoms with E-state index in [0.29, 0.717) is 12.2 Å². The Morgan fingerprint density at radius 3 is 3.07 bits per heavy atom. The van der Waals surface area contributed by atoms with E-state index in [1.54, 1.807) is 11.8 Å². The van der Waals surface area contributed by atoms with Crippen LogP contribution in [-0.2, 0) is 4.74 Å². The first-order valence-corrected chi connectivity index (χ1v) is 6.02. The topological polar surface area (TPSA) is 22.1 Å². The normalized spacial score (nSPS) is 26.6. The molecule has 0 bridgehead atoms. The molecule has 2 atom stereocenters. The van der Waals surface area contributed by atoms with E-state index in [1.807, 2.05) is 24.4 Å². The quantitative estimate of drug-likeness (QED) is 0.715. The predicted octanol–water partition coefficient (Wildman–Crippen LogP) is 2.74. The summed E-state index contributed by atoms with van der Waals surface area (Å²) in [6, 6.07) is 6.01. The van der Waals surface area contributed by atoms with Crippen molar-refractivity contribution in [1.82, 2.24) is 4.98 Å². The molecule has 2 unspecified atom stereocenters. The summed E-state index contributed by atoms with van der Waals surface area (Å²) in [5.74, 6) is 1.03. The van der Waals surface area contributed by atoms with Crippen molar-refractivity contribution in [3.05, 3.63) is 24.4 Å². The molecule has 1 aliphatic rings. The molecular formula is C11H15NOS. The molecule has 2 rings (SSSR count). The van der Waals surface area contributed by atoms with Crippen LogP contribution in [0.15, 0.2) is 29.4 Å². The first kappa shape index (κ1) is 9.99. The molecule has 0 radical (unpaired) electrons. The fourth-order valence-electron chi connectivity index (χ4n) is 1.62. The summed E-state index contributed by atoms with van der Waals surface area (Å²) < 4.78 is 5.73. The minimum Gasteiger partial charge on any atom is -0.374 e. The van der Waals surface area contributed by atoms with Crippen molar-refractivity contribution >= 4 is 11.8 Å². The summed E-state index contributed by atoms with van der Waals surface area (Å²) in [5.41, 5.74) is 0. The van der Waals surface area contributed by atoms with E-state index in [2.05, 4.69) is 11.9 Å². The van der Waals surface area contributed by atoms with Gasteiger partial charge in [-0.1, -0.05) is 6.07 Å².